The van der Waals surface area contributed by atoms with Crippen LogP contribution in [0.1, 0.15) is 6.92 Å². The first-order valence-electron chi connectivity index (χ1n) is 3.29. The second-order valence-electron chi connectivity index (χ2n) is 2.80. The normalized spacial score (nSPS) is 11.9. The summed E-state index contributed by atoms with van der Waals surface area (Å²) in [4.78, 5) is 21.6. The number of aliphatic hydroxyl groups is 3. The van der Waals surface area contributed by atoms with Crippen molar-refractivity contribution in [3.8, 4) is 0 Å². The molecule has 6 N–H and O–H groups in total. The minimum Gasteiger partial charge on any atom is -0.396 e. The van der Waals surface area contributed by atoms with E-state index in [9.17, 15) is 0 Å². The second kappa shape index (κ2) is 6.44. The highest BCUT2D eigenvalue weighted by atomic mass is 31.2. The number of hydrogen-bond acceptors (Lipinski definition) is 4. The van der Waals surface area contributed by atoms with Crippen LogP contribution < -0.4 is 0 Å². The summed E-state index contributed by atoms with van der Waals surface area (Å²) in [6.07, 6.45) is 0. The van der Waals surface area contributed by atoms with Gasteiger partial charge in [-0.15, -0.1) is 0 Å². The second-order valence-corrected chi connectivity index (χ2v) is 3.82. The van der Waals surface area contributed by atoms with Gasteiger partial charge in [-0.1, -0.05) is 6.92 Å². The highest BCUT2D eigenvalue weighted by molar-refractivity contribution is 7.45. The van der Waals surface area contributed by atoms with E-state index in [4.69, 9.17) is 34.6 Å². The number of rotatable bonds is 3. The Morgan fingerprint density at radius 1 is 1.00 bits per heavy atom. The predicted octanol–water partition coefficient (Wildman–Crippen LogP) is -1.96. The fourth-order valence-corrected chi connectivity index (χ4v) is 0.150. The van der Waals surface area contributed by atoms with E-state index in [2.05, 4.69) is 0 Å². The summed E-state index contributed by atoms with van der Waals surface area (Å²) in [5.74, 6) is 0. The van der Waals surface area contributed by atoms with Crippen molar-refractivity contribution in [1.82, 2.24) is 0 Å². The highest BCUT2D eigenvalue weighted by Gasteiger charge is 2.20. The summed E-state index contributed by atoms with van der Waals surface area (Å²) in [5.41, 5.74) is -0.708. The molecule has 7 nitrogen and oxygen atoms in total. The van der Waals surface area contributed by atoms with Crippen LogP contribution in [0.25, 0.3) is 0 Å². The fourth-order valence-electron chi connectivity index (χ4n) is 0.150. The lowest BCUT2D eigenvalue weighted by molar-refractivity contribution is 0.0200. The molecule has 0 aromatic heterocycles. The van der Waals surface area contributed by atoms with Crippen LogP contribution in [0.3, 0.4) is 0 Å². The maximum Gasteiger partial charge on any atom is 0.466 e. The van der Waals surface area contributed by atoms with Crippen molar-refractivity contribution in [3.05, 3.63) is 0 Å². The molecule has 0 aliphatic carbocycles. The summed E-state index contributed by atoms with van der Waals surface area (Å²) >= 11 is 0. The van der Waals surface area contributed by atoms with Gasteiger partial charge >= 0.3 is 7.82 Å². The summed E-state index contributed by atoms with van der Waals surface area (Å²) in [6.45, 7) is 1.06. The average molecular weight is 218 g/mol. The summed E-state index contributed by atoms with van der Waals surface area (Å²) in [5, 5.41) is 25.4. The summed E-state index contributed by atoms with van der Waals surface area (Å²) in [7, 11) is -4.64. The summed E-state index contributed by atoms with van der Waals surface area (Å²) < 4.78 is 8.88. The van der Waals surface area contributed by atoms with Crippen molar-refractivity contribution in [2.45, 2.75) is 6.92 Å². The molecule has 0 saturated heterocycles. The molecule has 82 valence electrons. The minimum atomic E-state index is -4.64. The Bertz CT molecular complexity index is 144. The molecule has 0 bridgehead atoms. The van der Waals surface area contributed by atoms with Gasteiger partial charge in [0.15, 0.2) is 0 Å². The van der Waals surface area contributed by atoms with Crippen molar-refractivity contribution in [1.29, 1.82) is 0 Å². The zero-order valence-corrected chi connectivity index (χ0v) is 8.05. The van der Waals surface area contributed by atoms with Gasteiger partial charge in [-0.3, -0.25) is 0 Å². The van der Waals surface area contributed by atoms with Crippen LogP contribution in [0.15, 0.2) is 0 Å². The average Bonchev–Trinajstić information content (AvgIpc) is 2.00. The SMILES string of the molecule is CC(CO)(CO)CO.O=P(O)(O)O. The zero-order valence-electron chi connectivity index (χ0n) is 7.16. The van der Waals surface area contributed by atoms with Crippen molar-refractivity contribution >= 4 is 7.82 Å². The maximum absolute atomic E-state index is 8.88. The number of aliphatic hydroxyl groups excluding tert-OH is 3. The molecule has 0 radical (unpaired) electrons. The standard InChI is InChI=1S/C5H12O3.H3O4P/c1-5(2-6,3-7)4-8;1-5(2,3)4/h6-8H,2-4H2,1H3;(H3,1,2,3,4). The van der Waals surface area contributed by atoms with Crippen LogP contribution in [0.5, 0.6) is 0 Å². The number of hydrogen-bond donors (Lipinski definition) is 6. The monoisotopic (exact) mass is 218 g/mol. The summed E-state index contributed by atoms with van der Waals surface area (Å²) in [6, 6.07) is 0. The zero-order chi connectivity index (χ0) is 11.1. The number of phosphoric acid groups is 1. The Kier molecular flexibility index (Phi) is 7.67. The molecule has 0 heterocycles. The van der Waals surface area contributed by atoms with E-state index in [1.807, 2.05) is 0 Å². The minimum absolute atomic E-state index is 0.181. The quantitative estimate of drug-likeness (QED) is 0.302. The van der Waals surface area contributed by atoms with Gasteiger partial charge in [0.1, 0.15) is 0 Å². The molecule has 0 aliphatic rings. The molecule has 0 atom stereocenters. The van der Waals surface area contributed by atoms with Gasteiger partial charge in [0.05, 0.1) is 19.8 Å². The van der Waals surface area contributed by atoms with Crippen LogP contribution in [0, 0.1) is 5.41 Å². The van der Waals surface area contributed by atoms with Crippen LogP contribution >= 0.6 is 7.82 Å². The molecule has 0 rings (SSSR count). The van der Waals surface area contributed by atoms with Crippen LogP contribution in [-0.2, 0) is 4.57 Å². The third kappa shape index (κ3) is 14.8. The van der Waals surface area contributed by atoms with E-state index >= 15 is 0 Å². The Morgan fingerprint density at radius 3 is 1.15 bits per heavy atom. The first-order valence-corrected chi connectivity index (χ1v) is 4.86. The molecule has 0 spiro atoms. The molecule has 0 amide bonds. The van der Waals surface area contributed by atoms with Gasteiger partial charge in [-0.25, -0.2) is 4.57 Å². The van der Waals surface area contributed by atoms with E-state index in [0.717, 1.165) is 0 Å². The highest BCUT2D eigenvalue weighted by Crippen LogP contribution is 2.25. The van der Waals surface area contributed by atoms with Gasteiger partial charge in [-0.05, 0) is 0 Å². The smallest absolute Gasteiger partial charge is 0.396 e. The molecule has 0 aliphatic heterocycles. The third-order valence-corrected chi connectivity index (χ3v) is 1.15. The van der Waals surface area contributed by atoms with Crippen LogP contribution in [0.2, 0.25) is 0 Å². The Hall–Kier alpha value is -0.0100. The molecule has 8 heteroatoms. The largest absolute Gasteiger partial charge is 0.466 e. The molecule has 0 fully saturated rings. The Labute approximate surface area is 75.5 Å². The van der Waals surface area contributed by atoms with Gasteiger partial charge < -0.3 is 30.0 Å². The van der Waals surface area contributed by atoms with E-state index in [1.54, 1.807) is 6.92 Å². The van der Waals surface area contributed by atoms with E-state index < -0.39 is 13.2 Å². The molecule has 0 aromatic rings. The Morgan fingerprint density at radius 2 is 1.15 bits per heavy atom. The topological polar surface area (TPSA) is 138 Å². The van der Waals surface area contributed by atoms with Gasteiger partial charge in [-0.2, -0.15) is 0 Å². The van der Waals surface area contributed by atoms with Gasteiger partial charge in [0, 0.05) is 5.41 Å². The lowest BCUT2D eigenvalue weighted by Crippen LogP contribution is -2.29. The lowest BCUT2D eigenvalue weighted by Gasteiger charge is -2.20. The molecule has 0 aromatic carbocycles. The van der Waals surface area contributed by atoms with Gasteiger partial charge in [0.2, 0.25) is 0 Å². The predicted molar refractivity (Wildman–Crippen MR) is 43.6 cm³/mol. The Balaban J connectivity index is 0. The first kappa shape index (κ1) is 15.5. The molecule has 13 heavy (non-hydrogen) atoms. The molecule has 0 unspecified atom stereocenters. The molecular weight excluding hydrogens is 203 g/mol. The van der Waals surface area contributed by atoms with Crippen molar-refractivity contribution in [2.24, 2.45) is 5.41 Å². The van der Waals surface area contributed by atoms with Gasteiger partial charge in [0.25, 0.3) is 0 Å². The van der Waals surface area contributed by atoms with Crippen LogP contribution in [-0.4, -0.2) is 49.8 Å². The molecular formula is C5H15O7P. The van der Waals surface area contributed by atoms with Crippen molar-refractivity contribution < 1.29 is 34.6 Å². The van der Waals surface area contributed by atoms with E-state index in [0.29, 0.717) is 0 Å². The lowest BCUT2D eigenvalue weighted by atomic mass is 9.95. The fraction of sp³-hybridized carbons (Fsp3) is 1.00. The van der Waals surface area contributed by atoms with Crippen LogP contribution in [0.4, 0.5) is 0 Å². The first-order chi connectivity index (χ1) is 5.68. The van der Waals surface area contributed by atoms with Crippen molar-refractivity contribution in [3.63, 3.8) is 0 Å². The molecule has 0 saturated carbocycles. The van der Waals surface area contributed by atoms with E-state index in [-0.39, 0.29) is 19.8 Å². The van der Waals surface area contributed by atoms with E-state index in [1.165, 1.54) is 0 Å². The third-order valence-electron chi connectivity index (χ3n) is 1.15. The maximum atomic E-state index is 8.88. The van der Waals surface area contributed by atoms with Crippen molar-refractivity contribution in [2.75, 3.05) is 19.8 Å².